The molecule has 4 aromatic rings. The van der Waals surface area contributed by atoms with Crippen LogP contribution in [-0.4, -0.2) is 37.2 Å². The first-order valence-corrected chi connectivity index (χ1v) is 10.4. The van der Waals surface area contributed by atoms with Crippen LogP contribution in [0.4, 0.5) is 5.69 Å². The Hall–Kier alpha value is -4.59. The molecule has 1 amide bonds. The number of methoxy groups -OCH3 is 3. The molecule has 0 bridgehead atoms. The summed E-state index contributed by atoms with van der Waals surface area (Å²) in [6.45, 7) is 0. The SMILES string of the molecule is COc1cccc(Oc2ccnc(-c3cccc(C(=O)Nc4ccc(OC)c(OC)c4)c3)n2)c1. The van der Waals surface area contributed by atoms with Gasteiger partial charge in [-0.15, -0.1) is 0 Å². The molecule has 1 N–H and O–H groups in total. The molecule has 0 unspecified atom stereocenters. The molecule has 0 atom stereocenters. The highest BCUT2D eigenvalue weighted by atomic mass is 16.5. The maximum Gasteiger partial charge on any atom is 0.255 e. The van der Waals surface area contributed by atoms with Gasteiger partial charge in [0.05, 0.1) is 21.3 Å². The Kier molecular flexibility index (Phi) is 6.88. The molecule has 0 saturated heterocycles. The van der Waals surface area contributed by atoms with E-state index in [0.29, 0.717) is 51.5 Å². The lowest BCUT2D eigenvalue weighted by atomic mass is 10.1. The molecule has 4 rings (SSSR count). The summed E-state index contributed by atoms with van der Waals surface area (Å²) in [6.07, 6.45) is 1.61. The van der Waals surface area contributed by atoms with Gasteiger partial charge in [-0.25, -0.2) is 4.98 Å². The molecule has 8 heteroatoms. The van der Waals surface area contributed by atoms with Crippen LogP contribution >= 0.6 is 0 Å². The van der Waals surface area contributed by atoms with Crippen LogP contribution in [0.25, 0.3) is 11.4 Å². The average Bonchev–Trinajstić information content (AvgIpc) is 2.89. The third-order valence-corrected chi connectivity index (χ3v) is 4.92. The van der Waals surface area contributed by atoms with E-state index in [-0.39, 0.29) is 5.91 Å². The molecule has 1 heterocycles. The molecule has 172 valence electrons. The van der Waals surface area contributed by atoms with E-state index >= 15 is 0 Å². The Bertz CT molecular complexity index is 1310. The second-order valence-corrected chi connectivity index (χ2v) is 7.10. The number of nitrogens with zero attached hydrogens (tertiary/aromatic N) is 2. The number of ether oxygens (including phenoxy) is 4. The van der Waals surface area contributed by atoms with Crippen molar-refractivity contribution in [3.63, 3.8) is 0 Å². The molecule has 0 radical (unpaired) electrons. The third-order valence-electron chi connectivity index (χ3n) is 4.92. The predicted octanol–water partition coefficient (Wildman–Crippen LogP) is 5.21. The van der Waals surface area contributed by atoms with Gasteiger partial charge in [0, 0.05) is 41.2 Å². The first-order valence-electron chi connectivity index (χ1n) is 10.4. The van der Waals surface area contributed by atoms with Gasteiger partial charge in [-0.2, -0.15) is 4.98 Å². The lowest BCUT2D eigenvalue weighted by molar-refractivity contribution is 0.102. The number of amides is 1. The maximum absolute atomic E-state index is 12.9. The first kappa shape index (κ1) is 22.6. The minimum atomic E-state index is -0.280. The van der Waals surface area contributed by atoms with Crippen LogP contribution in [0.5, 0.6) is 28.9 Å². The van der Waals surface area contributed by atoms with E-state index in [1.54, 1.807) is 76.1 Å². The van der Waals surface area contributed by atoms with Crippen LogP contribution in [0.2, 0.25) is 0 Å². The highest BCUT2D eigenvalue weighted by Crippen LogP contribution is 2.30. The Labute approximate surface area is 197 Å². The number of aromatic nitrogens is 2. The highest BCUT2D eigenvalue weighted by Gasteiger charge is 2.12. The second-order valence-electron chi connectivity index (χ2n) is 7.10. The number of rotatable bonds is 8. The van der Waals surface area contributed by atoms with Gasteiger partial charge in [0.15, 0.2) is 17.3 Å². The number of hydrogen-bond donors (Lipinski definition) is 1. The first-order chi connectivity index (χ1) is 16.6. The molecule has 0 aliphatic heterocycles. The predicted molar refractivity (Wildman–Crippen MR) is 128 cm³/mol. The standard InChI is InChI=1S/C26H23N3O5/c1-31-20-8-5-9-21(16-20)34-24-12-13-27-25(29-24)17-6-4-7-18(14-17)26(30)28-19-10-11-22(32-2)23(15-19)33-3/h4-16H,1-3H3,(H,28,30). The van der Waals surface area contributed by atoms with Crippen LogP contribution in [0.1, 0.15) is 10.4 Å². The van der Waals surface area contributed by atoms with Gasteiger partial charge in [0.2, 0.25) is 5.88 Å². The van der Waals surface area contributed by atoms with E-state index in [4.69, 9.17) is 18.9 Å². The monoisotopic (exact) mass is 457 g/mol. The van der Waals surface area contributed by atoms with Crippen molar-refractivity contribution in [2.24, 2.45) is 0 Å². The molecular weight excluding hydrogens is 434 g/mol. The third kappa shape index (κ3) is 5.24. The lowest BCUT2D eigenvalue weighted by Crippen LogP contribution is -2.12. The summed E-state index contributed by atoms with van der Waals surface area (Å²) in [7, 11) is 4.69. The highest BCUT2D eigenvalue weighted by molar-refractivity contribution is 6.05. The topological polar surface area (TPSA) is 91.8 Å². The van der Waals surface area contributed by atoms with Crippen molar-refractivity contribution in [2.75, 3.05) is 26.6 Å². The number of hydrogen-bond acceptors (Lipinski definition) is 7. The fourth-order valence-electron chi connectivity index (χ4n) is 3.24. The lowest BCUT2D eigenvalue weighted by Gasteiger charge is -2.11. The molecule has 8 nitrogen and oxygen atoms in total. The average molecular weight is 457 g/mol. The van der Waals surface area contributed by atoms with Crippen molar-refractivity contribution >= 4 is 11.6 Å². The van der Waals surface area contributed by atoms with Crippen molar-refractivity contribution in [1.82, 2.24) is 9.97 Å². The van der Waals surface area contributed by atoms with Crippen LogP contribution < -0.4 is 24.3 Å². The number of nitrogens with one attached hydrogen (secondary N) is 1. The van der Waals surface area contributed by atoms with Crippen molar-refractivity contribution in [3.05, 3.63) is 84.6 Å². The van der Waals surface area contributed by atoms with Crippen LogP contribution in [-0.2, 0) is 0 Å². The molecule has 0 saturated carbocycles. The maximum atomic E-state index is 12.9. The number of benzene rings is 3. The zero-order chi connectivity index (χ0) is 23.9. The zero-order valence-corrected chi connectivity index (χ0v) is 18.9. The van der Waals surface area contributed by atoms with E-state index in [9.17, 15) is 4.79 Å². The molecule has 34 heavy (non-hydrogen) atoms. The molecule has 0 aliphatic rings. The molecular formula is C26H23N3O5. The number of carbonyl (C=O) groups is 1. The van der Waals surface area contributed by atoms with Gasteiger partial charge in [-0.05, 0) is 36.4 Å². The van der Waals surface area contributed by atoms with Crippen LogP contribution in [0, 0.1) is 0 Å². The summed E-state index contributed by atoms with van der Waals surface area (Å²) < 4.78 is 21.6. The van der Waals surface area contributed by atoms with Gasteiger partial charge in [-0.1, -0.05) is 18.2 Å². The van der Waals surface area contributed by atoms with E-state index in [1.165, 1.54) is 0 Å². The summed E-state index contributed by atoms with van der Waals surface area (Å²) in [5.41, 5.74) is 1.71. The smallest absolute Gasteiger partial charge is 0.255 e. The van der Waals surface area contributed by atoms with E-state index in [0.717, 1.165) is 0 Å². The van der Waals surface area contributed by atoms with E-state index in [1.807, 2.05) is 24.3 Å². The van der Waals surface area contributed by atoms with Crippen molar-refractivity contribution in [2.45, 2.75) is 0 Å². The Morgan fingerprint density at radius 3 is 2.38 bits per heavy atom. The minimum Gasteiger partial charge on any atom is -0.497 e. The number of anilines is 1. The molecule has 1 aromatic heterocycles. The summed E-state index contributed by atoms with van der Waals surface area (Å²) in [5.74, 6) is 2.90. The van der Waals surface area contributed by atoms with Gasteiger partial charge < -0.3 is 24.3 Å². The van der Waals surface area contributed by atoms with Crippen molar-refractivity contribution < 1.29 is 23.7 Å². The fourth-order valence-corrected chi connectivity index (χ4v) is 3.24. The largest absolute Gasteiger partial charge is 0.497 e. The van der Waals surface area contributed by atoms with Gasteiger partial charge in [0.1, 0.15) is 11.5 Å². The quantitative estimate of drug-likeness (QED) is 0.388. The van der Waals surface area contributed by atoms with Crippen molar-refractivity contribution in [1.29, 1.82) is 0 Å². The van der Waals surface area contributed by atoms with Gasteiger partial charge >= 0.3 is 0 Å². The Morgan fingerprint density at radius 1 is 0.794 bits per heavy atom. The van der Waals surface area contributed by atoms with Crippen molar-refractivity contribution in [3.8, 4) is 40.3 Å². The summed E-state index contributed by atoms with van der Waals surface area (Å²) in [4.78, 5) is 21.7. The molecule has 0 aliphatic carbocycles. The minimum absolute atomic E-state index is 0.280. The van der Waals surface area contributed by atoms with Gasteiger partial charge in [0.25, 0.3) is 5.91 Å². The van der Waals surface area contributed by atoms with Gasteiger partial charge in [-0.3, -0.25) is 4.79 Å². The summed E-state index contributed by atoms with van der Waals surface area (Å²) in [6, 6.07) is 21.1. The summed E-state index contributed by atoms with van der Waals surface area (Å²) in [5, 5.41) is 2.87. The number of carbonyl (C=O) groups excluding carboxylic acids is 1. The van der Waals surface area contributed by atoms with Crippen LogP contribution in [0.3, 0.4) is 0 Å². The molecule has 3 aromatic carbocycles. The fraction of sp³-hybridized carbons (Fsp3) is 0.115. The molecule has 0 fully saturated rings. The Morgan fingerprint density at radius 2 is 1.59 bits per heavy atom. The molecule has 0 spiro atoms. The van der Waals surface area contributed by atoms with E-state index in [2.05, 4.69) is 15.3 Å². The van der Waals surface area contributed by atoms with Crippen LogP contribution in [0.15, 0.2) is 79.0 Å². The second kappa shape index (κ2) is 10.4. The normalized spacial score (nSPS) is 10.3. The van der Waals surface area contributed by atoms with E-state index < -0.39 is 0 Å². The zero-order valence-electron chi connectivity index (χ0n) is 18.9. The Balaban J connectivity index is 1.53. The summed E-state index contributed by atoms with van der Waals surface area (Å²) >= 11 is 0.